The lowest BCUT2D eigenvalue weighted by Crippen LogP contribution is -2.08. The van der Waals surface area contributed by atoms with Gasteiger partial charge in [0.25, 0.3) is 0 Å². The molecule has 1 aromatic carbocycles. The molecule has 3 aromatic rings. The maximum absolute atomic E-state index is 6.00. The summed E-state index contributed by atoms with van der Waals surface area (Å²) in [5, 5.41) is 0.696. The standard InChI is InChI=1S/C14H12ClN3S/c1-9(11-4-2-3-7-16-11)18-13-6-5-10(15)8-12(13)17-14(18)19/h2-9H,1H3,(H,17,19). The van der Waals surface area contributed by atoms with E-state index in [-0.39, 0.29) is 6.04 Å². The van der Waals surface area contributed by atoms with Gasteiger partial charge < -0.3 is 9.55 Å². The van der Waals surface area contributed by atoms with Gasteiger partial charge in [-0.25, -0.2) is 0 Å². The van der Waals surface area contributed by atoms with E-state index in [1.165, 1.54) is 0 Å². The molecule has 5 heteroatoms. The van der Waals surface area contributed by atoms with Gasteiger partial charge in [0.1, 0.15) is 0 Å². The third-order valence-electron chi connectivity index (χ3n) is 3.18. The summed E-state index contributed by atoms with van der Waals surface area (Å²) in [6.07, 6.45) is 1.79. The summed E-state index contributed by atoms with van der Waals surface area (Å²) in [5.74, 6) is 0. The Balaban J connectivity index is 2.20. The first-order valence-corrected chi connectivity index (χ1v) is 6.76. The van der Waals surface area contributed by atoms with Gasteiger partial charge in [0.2, 0.25) is 0 Å². The van der Waals surface area contributed by atoms with Crippen molar-refractivity contribution < 1.29 is 0 Å². The van der Waals surface area contributed by atoms with Crippen molar-refractivity contribution in [2.24, 2.45) is 0 Å². The quantitative estimate of drug-likeness (QED) is 0.711. The van der Waals surface area contributed by atoms with E-state index in [0.717, 1.165) is 16.7 Å². The molecule has 0 aliphatic carbocycles. The second-order valence-corrected chi connectivity index (χ2v) is 5.22. The molecule has 0 radical (unpaired) electrons. The minimum Gasteiger partial charge on any atom is -0.331 e. The molecule has 19 heavy (non-hydrogen) atoms. The van der Waals surface area contributed by atoms with Crippen LogP contribution in [0.4, 0.5) is 0 Å². The highest BCUT2D eigenvalue weighted by molar-refractivity contribution is 7.71. The predicted octanol–water partition coefficient (Wildman–Crippen LogP) is 4.36. The summed E-state index contributed by atoms with van der Waals surface area (Å²) in [5.41, 5.74) is 2.96. The molecule has 1 atom stereocenters. The molecule has 3 rings (SSSR count). The van der Waals surface area contributed by atoms with Crippen LogP contribution in [0.1, 0.15) is 18.7 Å². The summed E-state index contributed by atoms with van der Waals surface area (Å²) < 4.78 is 2.74. The Morgan fingerprint density at radius 2 is 2.16 bits per heavy atom. The van der Waals surface area contributed by atoms with E-state index in [1.54, 1.807) is 6.20 Å². The van der Waals surface area contributed by atoms with Gasteiger partial charge in [0.15, 0.2) is 4.77 Å². The first kappa shape index (κ1) is 12.4. The fourth-order valence-corrected chi connectivity index (χ4v) is 2.78. The summed E-state index contributed by atoms with van der Waals surface area (Å²) in [6.45, 7) is 2.08. The Kier molecular flexibility index (Phi) is 3.12. The third kappa shape index (κ3) is 2.17. The van der Waals surface area contributed by atoms with E-state index in [4.69, 9.17) is 23.8 Å². The fourth-order valence-electron chi connectivity index (χ4n) is 2.24. The van der Waals surface area contributed by atoms with Gasteiger partial charge >= 0.3 is 0 Å². The van der Waals surface area contributed by atoms with Gasteiger partial charge in [0.05, 0.1) is 22.8 Å². The van der Waals surface area contributed by atoms with Crippen LogP contribution >= 0.6 is 23.8 Å². The first-order chi connectivity index (χ1) is 9.16. The van der Waals surface area contributed by atoms with Gasteiger partial charge in [-0.1, -0.05) is 17.7 Å². The number of imidazole rings is 1. The van der Waals surface area contributed by atoms with Crippen LogP contribution in [0.5, 0.6) is 0 Å². The van der Waals surface area contributed by atoms with Crippen molar-refractivity contribution in [2.75, 3.05) is 0 Å². The predicted molar refractivity (Wildman–Crippen MR) is 80.2 cm³/mol. The van der Waals surface area contributed by atoms with E-state index in [0.29, 0.717) is 9.79 Å². The van der Waals surface area contributed by atoms with E-state index in [2.05, 4.69) is 21.5 Å². The highest BCUT2D eigenvalue weighted by Crippen LogP contribution is 2.25. The minimum atomic E-state index is 0.0728. The zero-order chi connectivity index (χ0) is 13.4. The maximum Gasteiger partial charge on any atom is 0.178 e. The van der Waals surface area contributed by atoms with Gasteiger partial charge in [-0.15, -0.1) is 0 Å². The molecular formula is C14H12ClN3S. The molecule has 2 heterocycles. The molecule has 3 nitrogen and oxygen atoms in total. The number of hydrogen-bond acceptors (Lipinski definition) is 2. The molecule has 0 aliphatic heterocycles. The molecule has 0 saturated heterocycles. The SMILES string of the molecule is CC(c1ccccn1)n1c(=S)[nH]c2cc(Cl)ccc21. The molecule has 2 aromatic heterocycles. The number of aromatic nitrogens is 3. The van der Waals surface area contributed by atoms with Crippen molar-refractivity contribution in [2.45, 2.75) is 13.0 Å². The van der Waals surface area contributed by atoms with Gasteiger partial charge in [-0.05, 0) is 49.5 Å². The monoisotopic (exact) mass is 289 g/mol. The second kappa shape index (κ2) is 4.79. The van der Waals surface area contributed by atoms with Crippen molar-refractivity contribution in [1.82, 2.24) is 14.5 Å². The number of halogens is 1. The molecule has 1 N–H and O–H groups in total. The van der Waals surface area contributed by atoms with Gasteiger partial charge in [-0.3, -0.25) is 4.98 Å². The average molecular weight is 290 g/mol. The fraction of sp³-hybridized carbons (Fsp3) is 0.143. The van der Waals surface area contributed by atoms with Crippen molar-refractivity contribution >= 4 is 34.9 Å². The van der Waals surface area contributed by atoms with Crippen LogP contribution in [0.15, 0.2) is 42.6 Å². The van der Waals surface area contributed by atoms with Gasteiger partial charge in [0, 0.05) is 11.2 Å². The summed E-state index contributed by atoms with van der Waals surface area (Å²) >= 11 is 11.4. The molecule has 96 valence electrons. The lowest BCUT2D eigenvalue weighted by atomic mass is 10.2. The van der Waals surface area contributed by atoms with Crippen LogP contribution in [0, 0.1) is 4.77 Å². The molecule has 0 spiro atoms. The van der Waals surface area contributed by atoms with E-state index in [9.17, 15) is 0 Å². The molecule has 0 bridgehead atoms. The van der Waals surface area contributed by atoms with Crippen LogP contribution in [-0.2, 0) is 0 Å². The Labute approximate surface area is 120 Å². The number of hydrogen-bond donors (Lipinski definition) is 1. The van der Waals surface area contributed by atoms with Crippen molar-refractivity contribution in [1.29, 1.82) is 0 Å². The number of nitrogens with zero attached hydrogens (tertiary/aromatic N) is 2. The third-order valence-corrected chi connectivity index (χ3v) is 3.72. The zero-order valence-corrected chi connectivity index (χ0v) is 11.9. The van der Waals surface area contributed by atoms with E-state index >= 15 is 0 Å². The summed E-state index contributed by atoms with van der Waals surface area (Å²) in [6, 6.07) is 11.7. The number of fused-ring (bicyclic) bond motifs is 1. The van der Waals surface area contributed by atoms with Crippen LogP contribution in [0.2, 0.25) is 5.02 Å². The molecule has 0 saturated carbocycles. The smallest absolute Gasteiger partial charge is 0.178 e. The number of aromatic amines is 1. The Bertz CT molecular complexity index is 776. The van der Waals surface area contributed by atoms with Crippen molar-refractivity contribution in [3.8, 4) is 0 Å². The zero-order valence-electron chi connectivity index (χ0n) is 10.3. The number of pyridine rings is 1. The molecule has 1 unspecified atom stereocenters. The number of H-pyrrole nitrogens is 1. The Morgan fingerprint density at radius 3 is 2.89 bits per heavy atom. The molecular weight excluding hydrogens is 278 g/mol. The minimum absolute atomic E-state index is 0.0728. The number of rotatable bonds is 2. The topological polar surface area (TPSA) is 33.6 Å². The van der Waals surface area contributed by atoms with Crippen molar-refractivity contribution in [3.05, 3.63) is 58.1 Å². The first-order valence-electron chi connectivity index (χ1n) is 5.97. The van der Waals surface area contributed by atoms with Crippen molar-refractivity contribution in [3.63, 3.8) is 0 Å². The summed E-state index contributed by atoms with van der Waals surface area (Å²) in [4.78, 5) is 7.58. The largest absolute Gasteiger partial charge is 0.331 e. The van der Waals surface area contributed by atoms with Crippen LogP contribution in [-0.4, -0.2) is 14.5 Å². The molecule has 0 fully saturated rings. The second-order valence-electron chi connectivity index (χ2n) is 4.39. The number of nitrogens with one attached hydrogen (secondary N) is 1. The lowest BCUT2D eigenvalue weighted by Gasteiger charge is -2.13. The number of benzene rings is 1. The van der Waals surface area contributed by atoms with Crippen LogP contribution < -0.4 is 0 Å². The van der Waals surface area contributed by atoms with Gasteiger partial charge in [-0.2, -0.15) is 0 Å². The molecule has 0 amide bonds. The Hall–Kier alpha value is -1.65. The van der Waals surface area contributed by atoms with E-state index < -0.39 is 0 Å². The highest BCUT2D eigenvalue weighted by Gasteiger charge is 2.13. The normalized spacial score (nSPS) is 12.7. The molecule has 0 aliphatic rings. The average Bonchev–Trinajstić information content (AvgIpc) is 2.74. The van der Waals surface area contributed by atoms with Crippen LogP contribution in [0.3, 0.4) is 0 Å². The maximum atomic E-state index is 6.00. The van der Waals surface area contributed by atoms with Crippen LogP contribution in [0.25, 0.3) is 11.0 Å². The summed E-state index contributed by atoms with van der Waals surface area (Å²) in [7, 11) is 0. The van der Waals surface area contributed by atoms with E-state index in [1.807, 2.05) is 36.4 Å². The lowest BCUT2D eigenvalue weighted by molar-refractivity contribution is 0.630. The highest BCUT2D eigenvalue weighted by atomic mass is 35.5. The Morgan fingerprint density at radius 1 is 1.32 bits per heavy atom.